The molecule has 2 atom stereocenters. The van der Waals surface area contributed by atoms with Crippen LogP contribution in [0.1, 0.15) is 41.7 Å². The highest BCUT2D eigenvalue weighted by atomic mass is 16.5. The van der Waals surface area contributed by atoms with E-state index in [9.17, 15) is 4.79 Å². The van der Waals surface area contributed by atoms with E-state index in [0.29, 0.717) is 18.8 Å². The molecule has 2 aromatic rings. The first-order chi connectivity index (χ1) is 10.7. The molecule has 0 aromatic carbocycles. The lowest BCUT2D eigenvalue weighted by Crippen LogP contribution is -2.54. The summed E-state index contributed by atoms with van der Waals surface area (Å²) in [6.07, 6.45) is 8.50. The quantitative estimate of drug-likeness (QED) is 0.812. The lowest BCUT2D eigenvalue weighted by Gasteiger charge is -2.43. The molecule has 22 heavy (non-hydrogen) atoms. The molecule has 0 radical (unpaired) electrons. The first kappa shape index (κ1) is 13.8. The Labute approximate surface area is 129 Å². The minimum atomic E-state index is 0.0431. The van der Waals surface area contributed by atoms with Gasteiger partial charge in [-0.1, -0.05) is 12.8 Å². The lowest BCUT2D eigenvalue weighted by molar-refractivity contribution is -0.0754. The van der Waals surface area contributed by atoms with Gasteiger partial charge in [0.2, 0.25) is 0 Å². The zero-order valence-electron chi connectivity index (χ0n) is 12.9. The zero-order chi connectivity index (χ0) is 15.1. The van der Waals surface area contributed by atoms with Crippen LogP contribution < -0.4 is 0 Å². The number of ether oxygens (including phenoxy) is 1. The molecule has 2 fully saturated rings. The molecule has 1 saturated heterocycles. The van der Waals surface area contributed by atoms with Crippen molar-refractivity contribution in [1.82, 2.24) is 14.3 Å². The number of aromatic nitrogens is 2. The Kier molecular flexibility index (Phi) is 3.37. The van der Waals surface area contributed by atoms with E-state index < -0.39 is 0 Å². The maximum Gasteiger partial charge on any atom is 0.274 e. The molecule has 2 aromatic heterocycles. The minimum absolute atomic E-state index is 0.0431. The number of morpholine rings is 1. The Bertz CT molecular complexity index is 707. The molecule has 0 N–H and O–H groups in total. The predicted octanol–water partition coefficient (Wildman–Crippen LogP) is 2.43. The van der Waals surface area contributed by atoms with Gasteiger partial charge in [-0.25, -0.2) is 4.98 Å². The minimum Gasteiger partial charge on any atom is -0.374 e. The first-order valence-electron chi connectivity index (χ1n) is 8.10. The second kappa shape index (κ2) is 5.39. The van der Waals surface area contributed by atoms with Crippen LogP contribution >= 0.6 is 0 Å². The standard InChI is InChI=1S/C17H21N3O2/c1-12-6-7-19-11-13(18-16(19)10-12)17(21)20-8-9-22-15-5-3-2-4-14(15)20/h6-7,10-11,14-15H,2-5,8-9H2,1H3. The van der Waals surface area contributed by atoms with Gasteiger partial charge in [0.15, 0.2) is 0 Å². The van der Waals surface area contributed by atoms with Gasteiger partial charge in [0.1, 0.15) is 11.3 Å². The van der Waals surface area contributed by atoms with Crippen molar-refractivity contribution in [2.24, 2.45) is 0 Å². The van der Waals surface area contributed by atoms with E-state index in [1.807, 2.05) is 40.8 Å². The number of amides is 1. The summed E-state index contributed by atoms with van der Waals surface area (Å²) >= 11 is 0. The monoisotopic (exact) mass is 299 g/mol. The summed E-state index contributed by atoms with van der Waals surface area (Å²) < 4.78 is 7.77. The van der Waals surface area contributed by atoms with Crippen molar-refractivity contribution in [2.45, 2.75) is 44.8 Å². The number of nitrogens with zero attached hydrogens (tertiary/aromatic N) is 3. The van der Waals surface area contributed by atoms with Crippen LogP contribution in [-0.4, -0.2) is 45.5 Å². The topological polar surface area (TPSA) is 46.8 Å². The Balaban J connectivity index is 1.64. The third-order valence-corrected chi connectivity index (χ3v) is 4.83. The average molecular weight is 299 g/mol. The maximum atomic E-state index is 12.9. The van der Waals surface area contributed by atoms with Gasteiger partial charge in [-0.3, -0.25) is 4.79 Å². The number of carbonyl (C=O) groups excluding carboxylic acids is 1. The number of hydrogen-bond donors (Lipinski definition) is 0. The van der Waals surface area contributed by atoms with Gasteiger partial charge in [-0.2, -0.15) is 0 Å². The number of imidazole rings is 1. The highest BCUT2D eigenvalue weighted by molar-refractivity contribution is 5.93. The summed E-state index contributed by atoms with van der Waals surface area (Å²) in [4.78, 5) is 19.4. The fourth-order valence-corrected chi connectivity index (χ4v) is 3.68. The van der Waals surface area contributed by atoms with E-state index in [0.717, 1.165) is 24.1 Å². The van der Waals surface area contributed by atoms with Gasteiger partial charge in [-0.05, 0) is 37.5 Å². The molecule has 3 heterocycles. The van der Waals surface area contributed by atoms with E-state index in [2.05, 4.69) is 4.98 Å². The van der Waals surface area contributed by atoms with Crippen LogP contribution in [-0.2, 0) is 4.74 Å². The molecule has 0 bridgehead atoms. The number of aryl methyl sites for hydroxylation is 1. The number of rotatable bonds is 1. The maximum absolute atomic E-state index is 12.9. The smallest absolute Gasteiger partial charge is 0.274 e. The second-order valence-electron chi connectivity index (χ2n) is 6.36. The number of hydrogen-bond acceptors (Lipinski definition) is 3. The van der Waals surface area contributed by atoms with E-state index in [4.69, 9.17) is 4.74 Å². The highest BCUT2D eigenvalue weighted by Gasteiger charge is 2.37. The summed E-state index contributed by atoms with van der Waals surface area (Å²) in [6, 6.07) is 4.25. The predicted molar refractivity (Wildman–Crippen MR) is 83.0 cm³/mol. The van der Waals surface area contributed by atoms with Crippen LogP contribution in [0.15, 0.2) is 24.5 Å². The molecule has 4 rings (SSSR count). The van der Waals surface area contributed by atoms with Crippen molar-refractivity contribution in [1.29, 1.82) is 0 Å². The largest absolute Gasteiger partial charge is 0.374 e. The van der Waals surface area contributed by atoms with Crippen molar-refractivity contribution >= 4 is 11.6 Å². The Morgan fingerprint density at radius 1 is 1.36 bits per heavy atom. The fraction of sp³-hybridized carbons (Fsp3) is 0.529. The summed E-state index contributed by atoms with van der Waals surface area (Å²) in [6.45, 7) is 3.34. The lowest BCUT2D eigenvalue weighted by atomic mass is 9.90. The molecule has 2 aliphatic rings. The summed E-state index contributed by atoms with van der Waals surface area (Å²) in [5.74, 6) is 0.0431. The van der Waals surface area contributed by atoms with Gasteiger partial charge >= 0.3 is 0 Å². The number of pyridine rings is 1. The molecule has 1 aliphatic carbocycles. The molecule has 1 aliphatic heterocycles. The van der Waals surface area contributed by atoms with Crippen molar-refractivity contribution < 1.29 is 9.53 Å². The molecule has 5 nitrogen and oxygen atoms in total. The van der Waals surface area contributed by atoms with E-state index in [-0.39, 0.29) is 18.1 Å². The Hall–Kier alpha value is -1.88. The first-order valence-corrected chi connectivity index (χ1v) is 8.10. The second-order valence-corrected chi connectivity index (χ2v) is 6.36. The molecule has 1 amide bonds. The van der Waals surface area contributed by atoms with E-state index >= 15 is 0 Å². The van der Waals surface area contributed by atoms with Crippen molar-refractivity contribution in [3.8, 4) is 0 Å². The SMILES string of the molecule is Cc1ccn2cc(C(=O)N3CCOC4CCCCC43)nc2c1. The third kappa shape index (κ3) is 2.29. The average Bonchev–Trinajstić information content (AvgIpc) is 2.96. The van der Waals surface area contributed by atoms with Gasteiger partial charge in [0, 0.05) is 18.9 Å². The fourth-order valence-electron chi connectivity index (χ4n) is 3.68. The van der Waals surface area contributed by atoms with Gasteiger partial charge in [-0.15, -0.1) is 0 Å². The number of fused-ring (bicyclic) bond motifs is 2. The third-order valence-electron chi connectivity index (χ3n) is 4.83. The van der Waals surface area contributed by atoms with Crippen molar-refractivity contribution in [3.63, 3.8) is 0 Å². The van der Waals surface area contributed by atoms with Crippen LogP contribution in [0.25, 0.3) is 5.65 Å². The Morgan fingerprint density at radius 2 is 2.23 bits per heavy atom. The van der Waals surface area contributed by atoms with Crippen molar-refractivity contribution in [3.05, 3.63) is 35.8 Å². The highest BCUT2D eigenvalue weighted by Crippen LogP contribution is 2.29. The van der Waals surface area contributed by atoms with Gasteiger partial charge in [0.25, 0.3) is 5.91 Å². The molecule has 0 spiro atoms. The van der Waals surface area contributed by atoms with E-state index in [1.54, 1.807) is 0 Å². The molecule has 1 saturated carbocycles. The van der Waals surface area contributed by atoms with Crippen LogP contribution in [0.4, 0.5) is 0 Å². The molecular weight excluding hydrogens is 278 g/mol. The van der Waals surface area contributed by atoms with Gasteiger partial charge in [0.05, 0.1) is 18.8 Å². The van der Waals surface area contributed by atoms with Gasteiger partial charge < -0.3 is 14.0 Å². The molecule has 2 unspecified atom stereocenters. The van der Waals surface area contributed by atoms with E-state index in [1.165, 1.54) is 12.8 Å². The molecule has 116 valence electrons. The van der Waals surface area contributed by atoms with Crippen LogP contribution in [0.5, 0.6) is 0 Å². The Morgan fingerprint density at radius 3 is 3.14 bits per heavy atom. The van der Waals surface area contributed by atoms with Crippen LogP contribution in [0, 0.1) is 6.92 Å². The number of carbonyl (C=O) groups is 1. The molecule has 5 heteroatoms. The zero-order valence-corrected chi connectivity index (χ0v) is 12.9. The molecular formula is C17H21N3O2. The van der Waals surface area contributed by atoms with Crippen molar-refractivity contribution in [2.75, 3.05) is 13.2 Å². The van der Waals surface area contributed by atoms with Crippen LogP contribution in [0.3, 0.4) is 0 Å². The van der Waals surface area contributed by atoms with Crippen LogP contribution in [0.2, 0.25) is 0 Å². The summed E-state index contributed by atoms with van der Waals surface area (Å²) in [5.41, 5.74) is 2.52. The normalized spacial score (nSPS) is 25.2. The summed E-state index contributed by atoms with van der Waals surface area (Å²) in [5, 5.41) is 0. The summed E-state index contributed by atoms with van der Waals surface area (Å²) in [7, 11) is 0.